The van der Waals surface area contributed by atoms with Crippen molar-refractivity contribution in [3.8, 4) is 5.75 Å². The Hall–Kier alpha value is -2.98. The highest BCUT2D eigenvalue weighted by Gasteiger charge is 2.35. The van der Waals surface area contributed by atoms with E-state index in [1.54, 1.807) is 25.1 Å². The third kappa shape index (κ3) is 4.92. The second kappa shape index (κ2) is 9.71. The van der Waals surface area contributed by atoms with Crippen molar-refractivity contribution in [2.75, 3.05) is 18.4 Å². The molecule has 0 saturated carbocycles. The van der Waals surface area contributed by atoms with Crippen LogP contribution in [0.2, 0.25) is 0 Å². The molecular weight excluding hydrogens is 461 g/mol. The second-order valence-electron chi connectivity index (χ2n) is 8.66. The summed E-state index contributed by atoms with van der Waals surface area (Å²) in [5.74, 6) is -0.999. The van der Waals surface area contributed by atoms with Crippen molar-refractivity contribution < 1.29 is 27.1 Å². The lowest BCUT2D eigenvalue weighted by Gasteiger charge is -2.32. The maximum Gasteiger partial charge on any atom is 0.265 e. The Morgan fingerprint density at radius 1 is 1.26 bits per heavy atom. The predicted molar refractivity (Wildman–Crippen MR) is 124 cm³/mol. The van der Waals surface area contributed by atoms with Crippen molar-refractivity contribution >= 4 is 27.5 Å². The number of anilines is 1. The lowest BCUT2D eigenvalue weighted by Crippen LogP contribution is -2.45. The molecule has 2 aliphatic rings. The number of nitrogens with zero attached hydrogens (tertiary/aromatic N) is 1. The van der Waals surface area contributed by atoms with E-state index in [2.05, 4.69) is 10.6 Å². The molecule has 0 radical (unpaired) electrons. The van der Waals surface area contributed by atoms with Gasteiger partial charge in [0.2, 0.25) is 15.9 Å². The molecule has 2 N–H and O–H groups in total. The van der Waals surface area contributed by atoms with Gasteiger partial charge in [0.25, 0.3) is 5.91 Å². The van der Waals surface area contributed by atoms with Gasteiger partial charge in [-0.25, -0.2) is 12.8 Å². The number of sulfonamides is 1. The Bertz CT molecular complexity index is 1200. The van der Waals surface area contributed by atoms with Crippen LogP contribution >= 0.6 is 0 Å². The maximum absolute atomic E-state index is 13.5. The lowest BCUT2D eigenvalue weighted by molar-refractivity contribution is -0.126. The number of carbonyl (C=O) groups excluding carboxylic acids is 2. The molecule has 34 heavy (non-hydrogen) atoms. The van der Waals surface area contributed by atoms with E-state index in [9.17, 15) is 22.4 Å². The summed E-state index contributed by atoms with van der Waals surface area (Å²) in [5.41, 5.74) is 1.69. The molecule has 0 spiro atoms. The second-order valence-corrected chi connectivity index (χ2v) is 10.6. The minimum absolute atomic E-state index is 0.0727. The van der Waals surface area contributed by atoms with Gasteiger partial charge in [0, 0.05) is 25.7 Å². The van der Waals surface area contributed by atoms with Gasteiger partial charge in [-0.2, -0.15) is 4.31 Å². The summed E-state index contributed by atoms with van der Waals surface area (Å²) < 4.78 is 47.1. The number of benzene rings is 2. The fourth-order valence-corrected chi connectivity index (χ4v) is 6.03. The van der Waals surface area contributed by atoms with Crippen molar-refractivity contribution in [3.05, 3.63) is 53.3 Å². The molecule has 2 aromatic rings. The molecule has 0 bridgehead atoms. The number of aryl methyl sites for hydroxylation is 1. The van der Waals surface area contributed by atoms with Crippen LogP contribution in [0.1, 0.15) is 37.3 Å². The van der Waals surface area contributed by atoms with Gasteiger partial charge in [0.15, 0.2) is 6.10 Å². The van der Waals surface area contributed by atoms with Crippen LogP contribution in [-0.2, 0) is 26.2 Å². The zero-order valence-electron chi connectivity index (χ0n) is 19.1. The normalized spacial score (nSPS) is 20.7. The number of piperidine rings is 1. The first kappa shape index (κ1) is 24.2. The molecular formula is C24H28FN3O5S. The molecule has 2 aromatic carbocycles. The summed E-state index contributed by atoms with van der Waals surface area (Å²) in [4.78, 5) is 24.9. The molecule has 2 aliphatic heterocycles. The number of rotatable bonds is 6. The van der Waals surface area contributed by atoms with Crippen LogP contribution in [-0.4, -0.2) is 43.7 Å². The fraction of sp³-hybridized carbons (Fsp3) is 0.417. The fourth-order valence-electron chi connectivity index (χ4n) is 4.28. The molecule has 0 aliphatic carbocycles. The van der Waals surface area contributed by atoms with Gasteiger partial charge < -0.3 is 15.4 Å². The molecule has 0 unspecified atom stereocenters. The average Bonchev–Trinajstić information content (AvgIpc) is 2.82. The highest BCUT2D eigenvalue weighted by atomic mass is 32.2. The van der Waals surface area contributed by atoms with Gasteiger partial charge in [0.05, 0.1) is 16.5 Å². The summed E-state index contributed by atoms with van der Waals surface area (Å²) >= 11 is 0. The van der Waals surface area contributed by atoms with Gasteiger partial charge >= 0.3 is 0 Å². The van der Waals surface area contributed by atoms with Gasteiger partial charge in [-0.05, 0) is 55.5 Å². The van der Waals surface area contributed by atoms with E-state index in [1.807, 2.05) is 6.92 Å². The topological polar surface area (TPSA) is 105 Å². The molecule has 1 saturated heterocycles. The van der Waals surface area contributed by atoms with Gasteiger partial charge in [-0.3, -0.25) is 9.59 Å². The molecule has 2 amide bonds. The number of nitrogens with one attached hydrogen (secondary N) is 2. The molecule has 0 aromatic heterocycles. The van der Waals surface area contributed by atoms with E-state index in [0.717, 1.165) is 5.56 Å². The first-order valence-electron chi connectivity index (χ1n) is 11.3. The van der Waals surface area contributed by atoms with Gasteiger partial charge in [-0.15, -0.1) is 0 Å². The van der Waals surface area contributed by atoms with Gasteiger partial charge in [-0.1, -0.05) is 19.1 Å². The first-order chi connectivity index (χ1) is 16.2. The standard InChI is InChI=1S/C24H28FN3O5S/c1-3-20-24(30)27-19-11-15(2)22(12-21(19)33-20)34(31,32)28-10-4-5-17(14-28)23(29)26-13-16-6-8-18(25)9-7-16/h6-9,11-12,17,20H,3-5,10,13-14H2,1-2H3,(H,26,29)(H,27,30)/t17-,20-/m0/s1. The van der Waals surface area contributed by atoms with Crippen LogP contribution in [0.3, 0.4) is 0 Å². The number of carbonyl (C=O) groups is 2. The Balaban J connectivity index is 1.48. The molecule has 2 atom stereocenters. The molecule has 8 nitrogen and oxygen atoms in total. The molecule has 10 heteroatoms. The summed E-state index contributed by atoms with van der Waals surface area (Å²) in [6.45, 7) is 4.12. The summed E-state index contributed by atoms with van der Waals surface area (Å²) in [7, 11) is -3.88. The largest absolute Gasteiger partial charge is 0.478 e. The monoisotopic (exact) mass is 489 g/mol. The van der Waals surface area contributed by atoms with Gasteiger partial charge in [0.1, 0.15) is 11.6 Å². The van der Waals surface area contributed by atoms with Crippen LogP contribution in [0.5, 0.6) is 5.75 Å². The van der Waals surface area contributed by atoms with E-state index in [0.29, 0.717) is 42.8 Å². The van der Waals surface area contributed by atoms with E-state index in [1.165, 1.54) is 22.5 Å². The Labute approximate surface area is 198 Å². The quantitative estimate of drug-likeness (QED) is 0.649. The molecule has 2 heterocycles. The summed E-state index contributed by atoms with van der Waals surface area (Å²) in [6, 6.07) is 8.91. The van der Waals surface area contributed by atoms with Crippen molar-refractivity contribution in [3.63, 3.8) is 0 Å². The average molecular weight is 490 g/mol. The van der Waals surface area contributed by atoms with E-state index >= 15 is 0 Å². The van der Waals surface area contributed by atoms with Crippen LogP contribution < -0.4 is 15.4 Å². The van der Waals surface area contributed by atoms with Crippen molar-refractivity contribution in [1.29, 1.82) is 0 Å². The number of fused-ring (bicyclic) bond motifs is 1. The summed E-state index contributed by atoms with van der Waals surface area (Å²) in [6.07, 6.45) is 0.928. The van der Waals surface area contributed by atoms with Crippen LogP contribution in [0, 0.1) is 18.7 Å². The molecule has 1 fully saturated rings. The number of ether oxygens (including phenoxy) is 1. The third-order valence-electron chi connectivity index (χ3n) is 6.22. The van der Waals surface area contributed by atoms with Crippen molar-refractivity contribution in [1.82, 2.24) is 9.62 Å². The zero-order chi connectivity index (χ0) is 24.5. The smallest absolute Gasteiger partial charge is 0.265 e. The maximum atomic E-state index is 13.5. The number of amides is 2. The predicted octanol–water partition coefficient (Wildman–Crippen LogP) is 2.96. The van der Waals surface area contributed by atoms with Crippen LogP contribution in [0.25, 0.3) is 0 Å². The van der Waals surface area contributed by atoms with E-state index in [-0.39, 0.29) is 35.6 Å². The zero-order valence-corrected chi connectivity index (χ0v) is 20.0. The Morgan fingerprint density at radius 2 is 2.00 bits per heavy atom. The number of halogens is 1. The minimum atomic E-state index is -3.88. The Kier molecular flexibility index (Phi) is 6.90. The Morgan fingerprint density at radius 3 is 2.71 bits per heavy atom. The van der Waals surface area contributed by atoms with Crippen LogP contribution in [0.4, 0.5) is 10.1 Å². The number of hydrogen-bond acceptors (Lipinski definition) is 5. The third-order valence-corrected chi connectivity index (χ3v) is 8.23. The van der Waals surface area contributed by atoms with E-state index in [4.69, 9.17) is 4.74 Å². The highest BCUT2D eigenvalue weighted by Crippen LogP contribution is 2.36. The first-order valence-corrected chi connectivity index (χ1v) is 12.8. The minimum Gasteiger partial charge on any atom is -0.478 e. The molecule has 4 rings (SSSR count). The molecule has 182 valence electrons. The number of hydrogen-bond donors (Lipinski definition) is 2. The lowest BCUT2D eigenvalue weighted by atomic mass is 9.99. The highest BCUT2D eigenvalue weighted by molar-refractivity contribution is 7.89. The van der Waals surface area contributed by atoms with Crippen LogP contribution in [0.15, 0.2) is 41.3 Å². The van der Waals surface area contributed by atoms with Crippen molar-refractivity contribution in [2.45, 2.75) is 50.7 Å². The SMILES string of the molecule is CC[C@@H]1Oc2cc(S(=O)(=O)N3CCC[C@H](C(=O)NCc4ccc(F)cc4)C3)c(C)cc2NC1=O. The van der Waals surface area contributed by atoms with Crippen molar-refractivity contribution in [2.24, 2.45) is 5.92 Å². The summed E-state index contributed by atoms with van der Waals surface area (Å²) in [5, 5.41) is 5.59. The van der Waals surface area contributed by atoms with E-state index < -0.39 is 22.0 Å².